The topological polar surface area (TPSA) is 48.0 Å². The first-order chi connectivity index (χ1) is 11.2. The summed E-state index contributed by atoms with van der Waals surface area (Å²) < 4.78 is 1.97. The quantitative estimate of drug-likeness (QED) is 0.565. The van der Waals surface area contributed by atoms with E-state index in [0.717, 1.165) is 22.6 Å². The smallest absolute Gasteiger partial charge is 0.137 e. The van der Waals surface area contributed by atoms with E-state index in [9.17, 15) is 0 Å². The molecule has 3 aromatic heterocycles. The van der Waals surface area contributed by atoms with Gasteiger partial charge in [-0.1, -0.05) is 35.3 Å². The molecule has 0 saturated carbocycles. The van der Waals surface area contributed by atoms with E-state index < -0.39 is 0 Å². The van der Waals surface area contributed by atoms with Crippen molar-refractivity contribution in [3.8, 4) is 11.3 Å². The third-order valence-corrected chi connectivity index (χ3v) is 4.03. The monoisotopic (exact) mass is 343 g/mol. The van der Waals surface area contributed by atoms with Gasteiger partial charge in [0.1, 0.15) is 12.2 Å². The van der Waals surface area contributed by atoms with Crippen LogP contribution in [0.25, 0.3) is 16.9 Å². The maximum Gasteiger partial charge on any atom is 0.137 e. The molecule has 114 valence electrons. The van der Waals surface area contributed by atoms with E-state index >= 15 is 0 Å². The molecule has 4 rings (SSSR count). The zero-order chi connectivity index (χ0) is 15.8. The van der Waals surface area contributed by atoms with E-state index in [2.05, 4.69) is 10.2 Å². The highest BCUT2D eigenvalue weighted by atomic mass is 35.5. The molecule has 0 spiro atoms. The molecule has 0 saturated heterocycles. The number of pyridine rings is 1. The lowest BCUT2D eigenvalue weighted by Crippen LogP contribution is -2.07. The minimum absolute atomic E-state index is 0.493. The van der Waals surface area contributed by atoms with Crippen LogP contribution < -0.4 is 0 Å². The van der Waals surface area contributed by atoms with Crippen LogP contribution in [0.3, 0.4) is 0 Å². The molecule has 0 aliphatic rings. The summed E-state index contributed by atoms with van der Waals surface area (Å²) in [4.78, 5) is 6.34. The van der Waals surface area contributed by atoms with E-state index in [1.165, 1.54) is 0 Å². The predicted octanol–water partition coefficient (Wildman–Crippen LogP) is 3.95. The number of fused-ring (bicyclic) bond motifs is 1. The Morgan fingerprint density at radius 3 is 2.30 bits per heavy atom. The molecular weight excluding hydrogens is 333 g/mol. The van der Waals surface area contributed by atoms with Crippen LogP contribution in [0.4, 0.5) is 0 Å². The molecule has 0 atom stereocenters. The van der Waals surface area contributed by atoms with Crippen LogP contribution in [0.15, 0.2) is 55.0 Å². The Morgan fingerprint density at radius 2 is 1.57 bits per heavy atom. The number of aromatic nitrogens is 5. The average Bonchev–Trinajstić information content (AvgIpc) is 3.17. The Labute approximate surface area is 142 Å². The van der Waals surface area contributed by atoms with Crippen LogP contribution in [0.1, 0.15) is 5.69 Å². The predicted molar refractivity (Wildman–Crippen MR) is 89.8 cm³/mol. The second kappa shape index (κ2) is 5.68. The van der Waals surface area contributed by atoms with Crippen LogP contribution in [0, 0.1) is 0 Å². The van der Waals surface area contributed by atoms with Crippen LogP contribution in [-0.4, -0.2) is 24.4 Å². The second-order valence-corrected chi connectivity index (χ2v) is 5.92. The van der Waals surface area contributed by atoms with Gasteiger partial charge in [0, 0.05) is 16.8 Å². The van der Waals surface area contributed by atoms with Crippen molar-refractivity contribution in [2.75, 3.05) is 0 Å². The van der Waals surface area contributed by atoms with Gasteiger partial charge < -0.3 is 0 Å². The summed E-state index contributed by atoms with van der Waals surface area (Å²) in [6, 6.07) is 11.3. The molecule has 0 aliphatic heterocycles. The maximum absolute atomic E-state index is 6.14. The second-order valence-electron chi connectivity index (χ2n) is 5.05. The Bertz CT molecular complexity index is 958. The molecule has 0 fully saturated rings. The van der Waals surface area contributed by atoms with Gasteiger partial charge in [0.2, 0.25) is 0 Å². The minimum atomic E-state index is 0.493. The van der Waals surface area contributed by atoms with Gasteiger partial charge in [0.25, 0.3) is 0 Å². The zero-order valence-electron chi connectivity index (χ0n) is 11.9. The van der Waals surface area contributed by atoms with Gasteiger partial charge in [0.15, 0.2) is 0 Å². The molecule has 0 amide bonds. The van der Waals surface area contributed by atoms with E-state index in [1.807, 2.05) is 47.0 Å². The largest absolute Gasteiger partial charge is 0.300 e. The average molecular weight is 344 g/mol. The molecule has 0 bridgehead atoms. The van der Waals surface area contributed by atoms with Gasteiger partial charge in [-0.15, -0.1) is 0 Å². The van der Waals surface area contributed by atoms with Gasteiger partial charge in [-0.3, -0.25) is 4.40 Å². The molecule has 7 heteroatoms. The molecule has 23 heavy (non-hydrogen) atoms. The van der Waals surface area contributed by atoms with Crippen molar-refractivity contribution in [3.63, 3.8) is 0 Å². The summed E-state index contributed by atoms with van der Waals surface area (Å²) in [5.41, 5.74) is 3.63. The van der Waals surface area contributed by atoms with Gasteiger partial charge in [-0.05, 0) is 24.3 Å². The van der Waals surface area contributed by atoms with Crippen LogP contribution in [-0.2, 0) is 6.54 Å². The third kappa shape index (κ3) is 2.69. The minimum Gasteiger partial charge on any atom is -0.300 e. The number of halogens is 2. The van der Waals surface area contributed by atoms with Gasteiger partial charge in [-0.2, -0.15) is 15.0 Å². The maximum atomic E-state index is 6.14. The Balaban J connectivity index is 1.93. The number of rotatable bonds is 3. The van der Waals surface area contributed by atoms with Crippen LogP contribution in [0.2, 0.25) is 10.0 Å². The molecule has 3 heterocycles. The Kier molecular flexibility index (Phi) is 3.52. The van der Waals surface area contributed by atoms with Crippen molar-refractivity contribution in [3.05, 3.63) is 70.7 Å². The zero-order valence-corrected chi connectivity index (χ0v) is 13.4. The van der Waals surface area contributed by atoms with Crippen molar-refractivity contribution >= 4 is 28.8 Å². The fraction of sp³-hybridized carbons (Fsp3) is 0.0625. The normalized spacial score (nSPS) is 11.2. The number of imidazole rings is 1. The molecule has 1 aromatic carbocycles. The lowest BCUT2D eigenvalue weighted by molar-refractivity contribution is 0.580. The summed E-state index contributed by atoms with van der Waals surface area (Å²) >= 11 is 12.1. The van der Waals surface area contributed by atoms with Gasteiger partial charge >= 0.3 is 0 Å². The van der Waals surface area contributed by atoms with Gasteiger partial charge in [-0.25, -0.2) is 4.98 Å². The molecule has 0 aliphatic carbocycles. The highest BCUT2D eigenvalue weighted by Crippen LogP contribution is 2.27. The van der Waals surface area contributed by atoms with Crippen molar-refractivity contribution < 1.29 is 0 Å². The van der Waals surface area contributed by atoms with Crippen molar-refractivity contribution in [2.45, 2.75) is 6.54 Å². The number of benzene rings is 1. The summed E-state index contributed by atoms with van der Waals surface area (Å²) in [6.45, 7) is 0.493. The molecule has 0 radical (unpaired) electrons. The van der Waals surface area contributed by atoms with Crippen molar-refractivity contribution in [1.29, 1.82) is 0 Å². The molecule has 5 nitrogen and oxygen atoms in total. The van der Waals surface area contributed by atoms with E-state index in [0.29, 0.717) is 16.6 Å². The third-order valence-electron chi connectivity index (χ3n) is 3.56. The van der Waals surface area contributed by atoms with E-state index in [-0.39, 0.29) is 0 Å². The van der Waals surface area contributed by atoms with Crippen molar-refractivity contribution in [2.24, 2.45) is 0 Å². The number of nitrogens with zero attached hydrogens (tertiary/aromatic N) is 5. The molecule has 0 unspecified atom stereocenters. The molecule has 0 N–H and O–H groups in total. The summed E-state index contributed by atoms with van der Waals surface area (Å²) in [5, 5.41) is 9.70. The number of hydrogen-bond acceptors (Lipinski definition) is 3. The number of hydrogen-bond donors (Lipinski definition) is 0. The fourth-order valence-corrected chi connectivity index (χ4v) is 2.80. The summed E-state index contributed by atoms with van der Waals surface area (Å²) in [5.74, 6) is 0. The first-order valence-corrected chi connectivity index (χ1v) is 7.73. The Hall–Kier alpha value is -2.37. The van der Waals surface area contributed by atoms with Crippen LogP contribution in [0.5, 0.6) is 0 Å². The fourth-order valence-electron chi connectivity index (χ4n) is 2.52. The highest BCUT2D eigenvalue weighted by Gasteiger charge is 2.15. The Morgan fingerprint density at radius 1 is 0.870 bits per heavy atom. The summed E-state index contributed by atoms with van der Waals surface area (Å²) in [7, 11) is 0. The lowest BCUT2D eigenvalue weighted by Gasteiger charge is -2.05. The van der Waals surface area contributed by atoms with Crippen molar-refractivity contribution in [1.82, 2.24) is 24.4 Å². The molecule has 4 aromatic rings. The first-order valence-electron chi connectivity index (χ1n) is 6.97. The standard InChI is InChI=1S/C16H11Cl2N5/c17-12-3-1-11(2-4-12)16-14(10-23-19-7-8-20-23)22-9-13(18)5-6-15(22)21-16/h1-9H,10H2. The highest BCUT2D eigenvalue weighted by molar-refractivity contribution is 6.30. The SMILES string of the molecule is Clc1ccc(-c2nc3ccc(Cl)cn3c2Cn2nccn2)cc1. The first kappa shape index (κ1) is 14.2. The molecular formula is C16H11Cl2N5. The lowest BCUT2D eigenvalue weighted by atomic mass is 10.1. The van der Waals surface area contributed by atoms with Gasteiger partial charge in [0.05, 0.1) is 28.8 Å². The van der Waals surface area contributed by atoms with E-state index in [4.69, 9.17) is 28.2 Å². The summed E-state index contributed by atoms with van der Waals surface area (Å²) in [6.07, 6.45) is 5.15. The van der Waals surface area contributed by atoms with E-state index in [1.54, 1.807) is 17.2 Å². The van der Waals surface area contributed by atoms with Crippen LogP contribution >= 0.6 is 23.2 Å².